The molecule has 0 saturated carbocycles. The molecule has 7 heteroatoms. The quantitative estimate of drug-likeness (QED) is 0.344. The summed E-state index contributed by atoms with van der Waals surface area (Å²) < 4.78 is 23.0. The van der Waals surface area contributed by atoms with Crippen molar-refractivity contribution in [1.29, 1.82) is 5.26 Å². The second-order valence-corrected chi connectivity index (χ2v) is 11.3. The van der Waals surface area contributed by atoms with Gasteiger partial charge in [0.25, 0.3) is 0 Å². The first kappa shape index (κ1) is 27.5. The van der Waals surface area contributed by atoms with Gasteiger partial charge in [0.1, 0.15) is 30.0 Å². The third kappa shape index (κ3) is 5.50. The highest BCUT2D eigenvalue weighted by molar-refractivity contribution is 5.81. The molecule has 208 valence electrons. The van der Waals surface area contributed by atoms with Crippen molar-refractivity contribution in [2.45, 2.75) is 64.6 Å². The fourth-order valence-corrected chi connectivity index (χ4v) is 5.78. The summed E-state index contributed by atoms with van der Waals surface area (Å²) in [5.74, 6) is 1.87. The number of benzene rings is 3. The van der Waals surface area contributed by atoms with E-state index >= 15 is 0 Å². The largest absolute Gasteiger partial charge is 0.492 e. The van der Waals surface area contributed by atoms with Crippen LogP contribution in [0.15, 0.2) is 42.5 Å². The Labute approximate surface area is 235 Å². The highest BCUT2D eigenvalue weighted by Crippen LogP contribution is 2.45. The van der Waals surface area contributed by atoms with Crippen LogP contribution in [0.5, 0.6) is 17.2 Å². The SMILES string of the molecule is COC(=O)C[C@@H]1COc2cc(O[C@@H]3CCc4c3ccc(C#N)c4-c3c(C)cc(OCC(C)(C)O)cc3C)ccc21. The van der Waals surface area contributed by atoms with Gasteiger partial charge >= 0.3 is 5.97 Å². The Morgan fingerprint density at radius 2 is 1.80 bits per heavy atom. The minimum absolute atomic E-state index is 0.0194. The lowest BCUT2D eigenvalue weighted by atomic mass is 9.87. The van der Waals surface area contributed by atoms with Crippen molar-refractivity contribution in [1.82, 2.24) is 0 Å². The Morgan fingerprint density at radius 3 is 2.48 bits per heavy atom. The van der Waals surface area contributed by atoms with Crippen LogP contribution in [0.4, 0.5) is 0 Å². The number of aryl methyl sites for hydroxylation is 2. The Hall–Kier alpha value is -4.02. The van der Waals surface area contributed by atoms with Crippen molar-refractivity contribution in [2.75, 3.05) is 20.3 Å². The van der Waals surface area contributed by atoms with Gasteiger partial charge < -0.3 is 24.1 Å². The Bertz CT molecular complexity index is 1470. The summed E-state index contributed by atoms with van der Waals surface area (Å²) in [6, 6.07) is 16.0. The fourth-order valence-electron chi connectivity index (χ4n) is 5.78. The van der Waals surface area contributed by atoms with Gasteiger partial charge in [-0.3, -0.25) is 4.79 Å². The average Bonchev–Trinajstić information content (AvgIpc) is 3.50. The molecule has 40 heavy (non-hydrogen) atoms. The van der Waals surface area contributed by atoms with Crippen LogP contribution in [0.1, 0.15) is 72.1 Å². The average molecular weight is 542 g/mol. The summed E-state index contributed by atoms with van der Waals surface area (Å²) >= 11 is 0. The molecule has 2 aliphatic rings. The molecule has 0 unspecified atom stereocenters. The second kappa shape index (κ2) is 10.9. The summed E-state index contributed by atoms with van der Waals surface area (Å²) in [6.45, 7) is 8.11. The monoisotopic (exact) mass is 541 g/mol. The zero-order valence-electron chi connectivity index (χ0n) is 23.7. The van der Waals surface area contributed by atoms with E-state index in [-0.39, 0.29) is 31.0 Å². The molecule has 1 aliphatic carbocycles. The Kier molecular flexibility index (Phi) is 7.48. The number of hydrogen-bond acceptors (Lipinski definition) is 7. The van der Waals surface area contributed by atoms with Crippen LogP contribution in [-0.2, 0) is 16.0 Å². The van der Waals surface area contributed by atoms with E-state index in [9.17, 15) is 15.2 Å². The summed E-state index contributed by atoms with van der Waals surface area (Å²) in [5, 5.41) is 20.1. The zero-order chi connectivity index (χ0) is 28.6. The molecule has 2 atom stereocenters. The molecular formula is C33H35NO6. The van der Waals surface area contributed by atoms with Crippen LogP contribution in [0.2, 0.25) is 0 Å². The van der Waals surface area contributed by atoms with Crippen molar-refractivity contribution in [2.24, 2.45) is 0 Å². The molecule has 3 aromatic carbocycles. The van der Waals surface area contributed by atoms with Gasteiger partial charge in [0.15, 0.2) is 0 Å². The molecule has 0 saturated heterocycles. The number of hydrogen-bond donors (Lipinski definition) is 1. The predicted octanol–water partition coefficient (Wildman–Crippen LogP) is 6.10. The highest BCUT2D eigenvalue weighted by Gasteiger charge is 2.31. The van der Waals surface area contributed by atoms with E-state index in [1.807, 2.05) is 56.3 Å². The number of rotatable bonds is 8. The Balaban J connectivity index is 1.42. The molecule has 1 aliphatic heterocycles. The van der Waals surface area contributed by atoms with Gasteiger partial charge in [-0.25, -0.2) is 0 Å². The number of nitriles is 1. The van der Waals surface area contributed by atoms with Crippen LogP contribution < -0.4 is 14.2 Å². The van der Waals surface area contributed by atoms with E-state index in [1.54, 1.807) is 13.8 Å². The topological polar surface area (TPSA) is 98.0 Å². The molecule has 0 amide bonds. The maximum atomic E-state index is 11.8. The molecule has 7 nitrogen and oxygen atoms in total. The van der Waals surface area contributed by atoms with E-state index in [4.69, 9.17) is 18.9 Å². The first-order chi connectivity index (χ1) is 19.1. The number of aliphatic hydroxyl groups is 1. The summed E-state index contributed by atoms with van der Waals surface area (Å²) in [7, 11) is 1.40. The number of nitrogens with zero attached hydrogens (tertiary/aromatic N) is 1. The minimum Gasteiger partial charge on any atom is -0.492 e. The van der Waals surface area contributed by atoms with Crippen LogP contribution in [-0.4, -0.2) is 37.0 Å². The van der Waals surface area contributed by atoms with Gasteiger partial charge in [0.2, 0.25) is 0 Å². The standard InChI is InChI=1S/C33H35NO6/c1-19-12-24(39-18-33(3,4)36)13-20(2)31(19)32-21(16-34)6-8-26-27(32)10-11-28(26)40-23-7-9-25-22(14-30(35)37-5)17-38-29(25)15-23/h6-9,12-13,15,22,28,36H,10-11,14,17-18H2,1-5H3/t22-,28-/m1/s1. The number of esters is 1. The molecule has 0 fully saturated rings. The van der Waals surface area contributed by atoms with E-state index < -0.39 is 5.60 Å². The van der Waals surface area contributed by atoms with Gasteiger partial charge in [-0.15, -0.1) is 0 Å². The summed E-state index contributed by atoms with van der Waals surface area (Å²) in [6.07, 6.45) is 1.73. The van der Waals surface area contributed by atoms with Crippen molar-refractivity contribution in [3.8, 4) is 34.4 Å². The number of methoxy groups -OCH3 is 1. The minimum atomic E-state index is -0.931. The molecule has 0 radical (unpaired) electrons. The number of fused-ring (bicyclic) bond motifs is 2. The van der Waals surface area contributed by atoms with Crippen LogP contribution in [0.3, 0.4) is 0 Å². The van der Waals surface area contributed by atoms with Crippen LogP contribution in [0, 0.1) is 25.2 Å². The van der Waals surface area contributed by atoms with Gasteiger partial charge in [-0.1, -0.05) is 12.1 Å². The third-order valence-electron chi connectivity index (χ3n) is 7.61. The zero-order valence-corrected chi connectivity index (χ0v) is 23.7. The van der Waals surface area contributed by atoms with Gasteiger partial charge in [0.05, 0.1) is 37.4 Å². The van der Waals surface area contributed by atoms with E-state index in [0.717, 1.165) is 57.5 Å². The summed E-state index contributed by atoms with van der Waals surface area (Å²) in [4.78, 5) is 11.8. The third-order valence-corrected chi connectivity index (χ3v) is 7.61. The number of carbonyl (C=O) groups is 1. The van der Waals surface area contributed by atoms with Gasteiger partial charge in [0, 0.05) is 23.1 Å². The lowest BCUT2D eigenvalue weighted by Crippen LogP contribution is -2.27. The maximum absolute atomic E-state index is 11.8. The van der Waals surface area contributed by atoms with Crippen LogP contribution in [0.25, 0.3) is 11.1 Å². The van der Waals surface area contributed by atoms with Gasteiger partial charge in [-0.05, 0) is 92.6 Å². The van der Waals surface area contributed by atoms with Crippen molar-refractivity contribution >= 4 is 5.97 Å². The van der Waals surface area contributed by atoms with E-state index in [1.165, 1.54) is 7.11 Å². The first-order valence-electron chi connectivity index (χ1n) is 13.6. The molecule has 1 N–H and O–H groups in total. The molecular weight excluding hydrogens is 506 g/mol. The molecule has 3 aromatic rings. The van der Waals surface area contributed by atoms with E-state index in [0.29, 0.717) is 23.7 Å². The lowest BCUT2D eigenvalue weighted by Gasteiger charge is -2.21. The molecule has 0 aromatic heterocycles. The highest BCUT2D eigenvalue weighted by atomic mass is 16.5. The Morgan fingerprint density at radius 1 is 1.07 bits per heavy atom. The van der Waals surface area contributed by atoms with E-state index in [2.05, 4.69) is 6.07 Å². The smallest absolute Gasteiger partial charge is 0.306 e. The fraction of sp³-hybridized carbons (Fsp3) is 0.394. The summed E-state index contributed by atoms with van der Waals surface area (Å²) in [5.41, 5.74) is 6.93. The second-order valence-electron chi connectivity index (χ2n) is 11.3. The molecule has 0 spiro atoms. The maximum Gasteiger partial charge on any atom is 0.306 e. The predicted molar refractivity (Wildman–Crippen MR) is 151 cm³/mol. The van der Waals surface area contributed by atoms with Crippen molar-refractivity contribution < 1.29 is 28.8 Å². The number of carbonyl (C=O) groups excluding carboxylic acids is 1. The van der Waals surface area contributed by atoms with Gasteiger partial charge in [-0.2, -0.15) is 5.26 Å². The number of ether oxygens (including phenoxy) is 4. The van der Waals surface area contributed by atoms with Crippen LogP contribution >= 0.6 is 0 Å². The molecule has 0 bridgehead atoms. The van der Waals surface area contributed by atoms with Crippen molar-refractivity contribution in [3.05, 3.63) is 75.8 Å². The molecule has 5 rings (SSSR count). The molecule has 1 heterocycles. The first-order valence-corrected chi connectivity index (χ1v) is 13.6. The lowest BCUT2D eigenvalue weighted by molar-refractivity contribution is -0.141. The van der Waals surface area contributed by atoms with Crippen molar-refractivity contribution in [3.63, 3.8) is 0 Å². The normalized spacial score (nSPS) is 17.4.